The summed E-state index contributed by atoms with van der Waals surface area (Å²) in [6.45, 7) is 6.74. The lowest BCUT2D eigenvalue weighted by Crippen LogP contribution is -2.12. The van der Waals surface area contributed by atoms with Crippen LogP contribution in [0.4, 0.5) is 10.5 Å². The Morgan fingerprint density at radius 2 is 2.13 bits per heavy atom. The van der Waals surface area contributed by atoms with Crippen LogP contribution in [0.1, 0.15) is 10.4 Å². The second kappa shape index (κ2) is 4.77. The molecule has 0 radical (unpaired) electrons. The molecular formula is C10H7NO4. The maximum absolute atomic E-state index is 11.3. The highest BCUT2D eigenvalue weighted by molar-refractivity contribution is 5.96. The average Bonchev–Trinajstić information content (AvgIpc) is 2.28. The fourth-order valence-corrected chi connectivity index (χ4v) is 0.879. The number of ether oxygens (including phenoxy) is 2. The van der Waals surface area contributed by atoms with E-state index in [1.165, 1.54) is 18.2 Å². The molecule has 76 valence electrons. The zero-order chi connectivity index (χ0) is 11.3. The van der Waals surface area contributed by atoms with Crippen LogP contribution in [-0.4, -0.2) is 19.2 Å². The molecule has 5 heteroatoms. The largest absolute Gasteiger partial charge is 0.516 e. The van der Waals surface area contributed by atoms with E-state index in [9.17, 15) is 9.59 Å². The smallest absolute Gasteiger partial charge is 0.437 e. The van der Waals surface area contributed by atoms with E-state index in [0.717, 1.165) is 7.11 Å². The SMILES string of the molecule is [C-]#[N+]c1cccc(C(=O)OC(=O)OC)c1. The van der Waals surface area contributed by atoms with Crippen LogP contribution in [-0.2, 0) is 9.47 Å². The predicted octanol–water partition coefficient (Wildman–Crippen LogP) is 2.16. The van der Waals surface area contributed by atoms with Gasteiger partial charge in [-0.3, -0.25) is 0 Å². The van der Waals surface area contributed by atoms with Gasteiger partial charge in [0.2, 0.25) is 0 Å². The van der Waals surface area contributed by atoms with Gasteiger partial charge in [-0.25, -0.2) is 14.4 Å². The zero-order valence-electron chi connectivity index (χ0n) is 7.89. The van der Waals surface area contributed by atoms with Crippen LogP contribution in [0.15, 0.2) is 24.3 Å². The molecule has 1 aromatic carbocycles. The summed E-state index contributed by atoms with van der Waals surface area (Å²) < 4.78 is 8.44. The number of carbonyl (C=O) groups excluding carboxylic acids is 2. The molecule has 0 spiro atoms. The van der Waals surface area contributed by atoms with Gasteiger partial charge in [-0.1, -0.05) is 18.2 Å². The molecule has 1 aromatic rings. The first-order valence-electron chi connectivity index (χ1n) is 3.95. The molecule has 0 aliphatic carbocycles. The number of hydrogen-bond donors (Lipinski definition) is 0. The molecule has 15 heavy (non-hydrogen) atoms. The van der Waals surface area contributed by atoms with Crippen LogP contribution in [0.3, 0.4) is 0 Å². The minimum absolute atomic E-state index is 0.133. The van der Waals surface area contributed by atoms with E-state index in [-0.39, 0.29) is 5.56 Å². The minimum Gasteiger partial charge on any atom is -0.437 e. The lowest BCUT2D eigenvalue weighted by molar-refractivity contribution is 0.0452. The summed E-state index contributed by atoms with van der Waals surface area (Å²) >= 11 is 0. The first kappa shape index (κ1) is 10.7. The quantitative estimate of drug-likeness (QED) is 0.400. The third-order valence-electron chi connectivity index (χ3n) is 1.55. The van der Waals surface area contributed by atoms with Gasteiger partial charge in [-0.15, -0.1) is 0 Å². The lowest BCUT2D eigenvalue weighted by atomic mass is 10.2. The van der Waals surface area contributed by atoms with Crippen molar-refractivity contribution in [2.75, 3.05) is 7.11 Å². The summed E-state index contributed by atoms with van der Waals surface area (Å²) in [7, 11) is 1.10. The fraction of sp³-hybridized carbons (Fsp3) is 0.100. The Bertz CT molecular complexity index is 433. The predicted molar refractivity (Wildman–Crippen MR) is 50.5 cm³/mol. The van der Waals surface area contributed by atoms with Gasteiger partial charge >= 0.3 is 12.1 Å². The Balaban J connectivity index is 2.83. The second-order valence-corrected chi connectivity index (χ2v) is 2.51. The Hall–Kier alpha value is -2.35. The third-order valence-corrected chi connectivity index (χ3v) is 1.55. The van der Waals surface area contributed by atoms with Crippen LogP contribution < -0.4 is 0 Å². The number of carbonyl (C=O) groups is 2. The Kier molecular flexibility index (Phi) is 3.41. The van der Waals surface area contributed by atoms with E-state index in [4.69, 9.17) is 6.57 Å². The lowest BCUT2D eigenvalue weighted by Gasteiger charge is -2.01. The molecule has 0 saturated carbocycles. The van der Waals surface area contributed by atoms with Crippen LogP contribution in [0, 0.1) is 6.57 Å². The molecule has 0 aliphatic heterocycles. The standard InChI is InChI=1S/C10H7NO4/c1-11-8-5-3-4-7(6-8)9(12)15-10(13)14-2/h3-6H,2H3. The molecule has 0 amide bonds. The fourth-order valence-electron chi connectivity index (χ4n) is 0.879. The van der Waals surface area contributed by atoms with Crippen LogP contribution >= 0.6 is 0 Å². The average molecular weight is 205 g/mol. The number of rotatable bonds is 1. The van der Waals surface area contributed by atoms with Gasteiger partial charge in [0.05, 0.1) is 13.7 Å². The third kappa shape index (κ3) is 2.81. The van der Waals surface area contributed by atoms with Gasteiger partial charge in [-0.2, -0.15) is 0 Å². The molecule has 5 nitrogen and oxygen atoms in total. The Morgan fingerprint density at radius 3 is 2.73 bits per heavy atom. The highest BCUT2D eigenvalue weighted by atomic mass is 16.7. The van der Waals surface area contributed by atoms with Crippen molar-refractivity contribution in [2.45, 2.75) is 0 Å². The Labute approximate surface area is 86.0 Å². The molecule has 0 N–H and O–H groups in total. The normalized spacial score (nSPS) is 8.80. The van der Waals surface area contributed by atoms with Gasteiger partial charge in [-0.05, 0) is 6.07 Å². The number of benzene rings is 1. The summed E-state index contributed by atoms with van der Waals surface area (Å²) in [6, 6.07) is 5.85. The first-order valence-corrected chi connectivity index (χ1v) is 3.95. The van der Waals surface area contributed by atoms with Gasteiger partial charge in [0, 0.05) is 5.56 Å². The summed E-state index contributed by atoms with van der Waals surface area (Å²) in [4.78, 5) is 25.0. The second-order valence-electron chi connectivity index (χ2n) is 2.51. The molecular weight excluding hydrogens is 198 g/mol. The highest BCUT2D eigenvalue weighted by Gasteiger charge is 2.12. The van der Waals surface area contributed by atoms with Crippen LogP contribution in [0.5, 0.6) is 0 Å². The molecule has 0 fully saturated rings. The minimum atomic E-state index is -1.08. The van der Waals surface area contributed by atoms with Gasteiger partial charge < -0.3 is 9.47 Å². The van der Waals surface area contributed by atoms with Crippen molar-refractivity contribution in [1.29, 1.82) is 0 Å². The highest BCUT2D eigenvalue weighted by Crippen LogP contribution is 2.14. The summed E-state index contributed by atoms with van der Waals surface area (Å²) in [5, 5.41) is 0. The summed E-state index contributed by atoms with van der Waals surface area (Å²) in [5.74, 6) is -0.840. The van der Waals surface area contributed by atoms with Crippen molar-refractivity contribution in [2.24, 2.45) is 0 Å². The molecule has 0 aromatic heterocycles. The van der Waals surface area contributed by atoms with Crippen LogP contribution in [0.25, 0.3) is 4.85 Å². The number of hydrogen-bond acceptors (Lipinski definition) is 4. The first-order chi connectivity index (χ1) is 7.17. The van der Waals surface area contributed by atoms with Crippen molar-refractivity contribution < 1.29 is 19.1 Å². The monoisotopic (exact) mass is 205 g/mol. The molecule has 1 rings (SSSR count). The van der Waals surface area contributed by atoms with E-state index in [1.54, 1.807) is 6.07 Å². The topological polar surface area (TPSA) is 57.0 Å². The summed E-state index contributed by atoms with van der Waals surface area (Å²) in [6.07, 6.45) is -1.08. The number of esters is 1. The van der Waals surface area contributed by atoms with E-state index in [1.807, 2.05) is 0 Å². The van der Waals surface area contributed by atoms with Gasteiger partial charge in [0.25, 0.3) is 0 Å². The molecule has 0 saturated heterocycles. The maximum Gasteiger partial charge on any atom is 0.516 e. The van der Waals surface area contributed by atoms with Gasteiger partial charge in [0.15, 0.2) is 5.69 Å². The van der Waals surface area contributed by atoms with Crippen molar-refractivity contribution in [3.8, 4) is 0 Å². The number of nitrogens with zero attached hydrogens (tertiary/aromatic N) is 1. The van der Waals surface area contributed by atoms with E-state index in [2.05, 4.69) is 14.3 Å². The van der Waals surface area contributed by atoms with E-state index < -0.39 is 12.1 Å². The summed E-state index contributed by atoms with van der Waals surface area (Å²) in [5.41, 5.74) is 0.434. The molecule has 0 aliphatic rings. The van der Waals surface area contributed by atoms with Crippen molar-refractivity contribution in [3.63, 3.8) is 0 Å². The van der Waals surface area contributed by atoms with Crippen molar-refractivity contribution in [3.05, 3.63) is 41.2 Å². The molecule has 0 bridgehead atoms. The maximum atomic E-state index is 11.3. The molecule has 0 atom stereocenters. The van der Waals surface area contributed by atoms with Crippen molar-refractivity contribution in [1.82, 2.24) is 0 Å². The Morgan fingerprint density at radius 1 is 1.40 bits per heavy atom. The van der Waals surface area contributed by atoms with E-state index in [0.29, 0.717) is 5.69 Å². The van der Waals surface area contributed by atoms with Crippen molar-refractivity contribution >= 4 is 17.8 Å². The zero-order valence-corrected chi connectivity index (χ0v) is 7.89. The molecule has 0 heterocycles. The van der Waals surface area contributed by atoms with Gasteiger partial charge in [0.1, 0.15) is 0 Å². The van der Waals surface area contributed by atoms with E-state index >= 15 is 0 Å². The molecule has 0 unspecified atom stereocenters. The van der Waals surface area contributed by atoms with Crippen LogP contribution in [0.2, 0.25) is 0 Å². The number of methoxy groups -OCH3 is 1.